The van der Waals surface area contributed by atoms with Gasteiger partial charge in [0.25, 0.3) is 0 Å². The van der Waals surface area contributed by atoms with Gasteiger partial charge in [0.05, 0.1) is 19.4 Å². The molecule has 0 radical (unpaired) electrons. The van der Waals surface area contributed by atoms with Gasteiger partial charge >= 0.3 is 0 Å². The lowest BCUT2D eigenvalue weighted by Crippen LogP contribution is -2.29. The number of rotatable bonds is 8. The zero-order chi connectivity index (χ0) is 16.9. The molecule has 24 heavy (non-hydrogen) atoms. The summed E-state index contributed by atoms with van der Waals surface area (Å²) in [4.78, 5) is 0. The maximum atomic E-state index is 13.6. The van der Waals surface area contributed by atoms with E-state index in [2.05, 4.69) is 19.6 Å². The average molecular weight is 337 g/mol. The second kappa shape index (κ2) is 8.83. The zero-order valence-corrected chi connectivity index (χ0v) is 15.6. The summed E-state index contributed by atoms with van der Waals surface area (Å²) >= 11 is 0. The molecule has 3 unspecified atom stereocenters. The number of hydrogen-bond acceptors (Lipinski definition) is 1. The number of hydrogen-bond donors (Lipinski definition) is 0. The predicted octanol–water partition coefficient (Wildman–Crippen LogP) is 6.19. The number of alkyl halides is 1. The molecule has 1 aliphatic heterocycles. The smallest absolute Gasteiger partial charge is 0.0925 e. The molecule has 2 saturated carbocycles. The lowest BCUT2D eigenvalue weighted by molar-refractivity contribution is 0.114. The first-order valence-corrected chi connectivity index (χ1v) is 10.5. The molecule has 2 aliphatic carbocycles. The Morgan fingerprint density at radius 1 is 1.00 bits per heavy atom. The molecule has 0 N–H and O–H groups in total. The minimum Gasteiger partial charge on any atom is -0.373 e. The SMILES string of the molecule is C=CC1CCC(C2CCC(C(CF)CCC(C)C3CO3)CC2)CC1. The Morgan fingerprint density at radius 3 is 2.08 bits per heavy atom. The van der Waals surface area contributed by atoms with Crippen molar-refractivity contribution in [3.63, 3.8) is 0 Å². The molecule has 2 heteroatoms. The van der Waals surface area contributed by atoms with Crippen LogP contribution in [0.1, 0.15) is 71.1 Å². The summed E-state index contributed by atoms with van der Waals surface area (Å²) in [5.41, 5.74) is 0. The van der Waals surface area contributed by atoms with Crippen molar-refractivity contribution in [1.29, 1.82) is 0 Å². The molecule has 0 bridgehead atoms. The molecule has 0 spiro atoms. The van der Waals surface area contributed by atoms with Crippen molar-refractivity contribution in [2.75, 3.05) is 13.3 Å². The molecule has 3 rings (SSSR count). The molecule has 3 atom stereocenters. The summed E-state index contributed by atoms with van der Waals surface area (Å²) in [6.45, 7) is 7.05. The fourth-order valence-corrected chi connectivity index (χ4v) is 5.43. The summed E-state index contributed by atoms with van der Waals surface area (Å²) in [6.07, 6.45) is 15.6. The van der Waals surface area contributed by atoms with Gasteiger partial charge in [-0.1, -0.05) is 13.0 Å². The Labute approximate surface area is 148 Å². The molecule has 1 nitrogen and oxygen atoms in total. The third kappa shape index (κ3) is 4.84. The molecule has 0 amide bonds. The van der Waals surface area contributed by atoms with Gasteiger partial charge < -0.3 is 4.74 Å². The average Bonchev–Trinajstić information content (AvgIpc) is 3.48. The summed E-state index contributed by atoms with van der Waals surface area (Å²) < 4.78 is 19.0. The maximum absolute atomic E-state index is 13.6. The maximum Gasteiger partial charge on any atom is 0.0925 e. The van der Waals surface area contributed by atoms with Crippen LogP contribution in [0.4, 0.5) is 4.39 Å². The Balaban J connectivity index is 1.39. The fraction of sp³-hybridized carbons (Fsp3) is 0.909. The van der Waals surface area contributed by atoms with Crippen LogP contribution in [-0.4, -0.2) is 19.4 Å². The summed E-state index contributed by atoms with van der Waals surface area (Å²) in [5, 5.41) is 0. The van der Waals surface area contributed by atoms with Gasteiger partial charge in [-0.05, 0) is 99.7 Å². The van der Waals surface area contributed by atoms with Crippen LogP contribution in [0.25, 0.3) is 0 Å². The van der Waals surface area contributed by atoms with Crippen LogP contribution in [0.2, 0.25) is 0 Å². The lowest BCUT2D eigenvalue weighted by Gasteiger charge is -2.39. The van der Waals surface area contributed by atoms with E-state index in [4.69, 9.17) is 4.74 Å². The summed E-state index contributed by atoms with van der Waals surface area (Å²) in [5.74, 6) is 4.21. The zero-order valence-electron chi connectivity index (χ0n) is 15.6. The molecule has 138 valence electrons. The first-order valence-electron chi connectivity index (χ1n) is 10.5. The van der Waals surface area contributed by atoms with Crippen LogP contribution in [0, 0.1) is 35.5 Å². The van der Waals surface area contributed by atoms with Crippen molar-refractivity contribution in [3.05, 3.63) is 12.7 Å². The molecule has 0 aromatic heterocycles. The van der Waals surface area contributed by atoms with E-state index in [0.29, 0.717) is 23.9 Å². The third-order valence-electron chi connectivity index (χ3n) is 7.48. The largest absolute Gasteiger partial charge is 0.373 e. The highest BCUT2D eigenvalue weighted by Gasteiger charge is 2.34. The molecule has 1 saturated heterocycles. The van der Waals surface area contributed by atoms with E-state index >= 15 is 0 Å². The van der Waals surface area contributed by atoms with Crippen molar-refractivity contribution >= 4 is 0 Å². The first-order chi connectivity index (χ1) is 11.7. The molecule has 1 heterocycles. The first kappa shape index (κ1) is 18.4. The monoisotopic (exact) mass is 336 g/mol. The van der Waals surface area contributed by atoms with Crippen LogP contribution >= 0.6 is 0 Å². The van der Waals surface area contributed by atoms with Crippen LogP contribution in [0.15, 0.2) is 12.7 Å². The van der Waals surface area contributed by atoms with Gasteiger partial charge in [0.15, 0.2) is 0 Å². The predicted molar refractivity (Wildman–Crippen MR) is 98.7 cm³/mol. The van der Waals surface area contributed by atoms with E-state index in [0.717, 1.165) is 37.2 Å². The molecule has 3 fully saturated rings. The Bertz CT molecular complexity index is 375. The van der Waals surface area contributed by atoms with Gasteiger partial charge in [-0.15, -0.1) is 6.58 Å². The Kier molecular flexibility index (Phi) is 6.78. The number of allylic oxidation sites excluding steroid dienone is 1. The summed E-state index contributed by atoms with van der Waals surface area (Å²) in [6, 6.07) is 0. The van der Waals surface area contributed by atoms with Crippen molar-refractivity contribution in [1.82, 2.24) is 0 Å². The van der Waals surface area contributed by atoms with Crippen LogP contribution < -0.4 is 0 Å². The van der Waals surface area contributed by atoms with E-state index in [-0.39, 0.29) is 6.67 Å². The van der Waals surface area contributed by atoms with Crippen LogP contribution in [0.5, 0.6) is 0 Å². The minimum atomic E-state index is -0.113. The lowest BCUT2D eigenvalue weighted by atomic mass is 9.67. The highest BCUT2D eigenvalue weighted by atomic mass is 19.1. The van der Waals surface area contributed by atoms with Gasteiger partial charge in [-0.3, -0.25) is 4.39 Å². The third-order valence-corrected chi connectivity index (χ3v) is 7.48. The van der Waals surface area contributed by atoms with Crippen molar-refractivity contribution in [2.45, 2.75) is 77.2 Å². The standard InChI is InChI=1S/C22H37FO/c1-3-17-5-8-18(9-6-17)19-10-12-20(13-11-19)21(14-23)7-4-16(2)22-15-24-22/h3,16-22H,1,4-15H2,2H3. The minimum absolute atomic E-state index is 0.113. The van der Waals surface area contributed by atoms with Crippen molar-refractivity contribution < 1.29 is 9.13 Å². The number of halogens is 1. The highest BCUT2D eigenvalue weighted by molar-refractivity contribution is 4.88. The van der Waals surface area contributed by atoms with Gasteiger partial charge in [0, 0.05) is 0 Å². The Morgan fingerprint density at radius 2 is 1.58 bits per heavy atom. The molecule has 0 aromatic rings. The second-order valence-corrected chi connectivity index (χ2v) is 8.93. The highest BCUT2D eigenvalue weighted by Crippen LogP contribution is 2.44. The van der Waals surface area contributed by atoms with Gasteiger partial charge in [0.2, 0.25) is 0 Å². The molecule has 0 aromatic carbocycles. The topological polar surface area (TPSA) is 12.5 Å². The van der Waals surface area contributed by atoms with E-state index in [9.17, 15) is 4.39 Å². The number of ether oxygens (including phenoxy) is 1. The van der Waals surface area contributed by atoms with E-state index < -0.39 is 0 Å². The molecule has 3 aliphatic rings. The van der Waals surface area contributed by atoms with E-state index in [1.807, 2.05) is 0 Å². The van der Waals surface area contributed by atoms with Gasteiger partial charge in [-0.25, -0.2) is 0 Å². The second-order valence-electron chi connectivity index (χ2n) is 8.93. The Hall–Kier alpha value is -0.370. The summed E-state index contributed by atoms with van der Waals surface area (Å²) in [7, 11) is 0. The van der Waals surface area contributed by atoms with Gasteiger partial charge in [0.1, 0.15) is 0 Å². The quantitative estimate of drug-likeness (QED) is 0.380. The molecular weight excluding hydrogens is 299 g/mol. The normalized spacial score (nSPS) is 39.2. The van der Waals surface area contributed by atoms with E-state index in [1.54, 1.807) is 0 Å². The number of epoxide rings is 1. The van der Waals surface area contributed by atoms with Crippen molar-refractivity contribution in [2.24, 2.45) is 35.5 Å². The van der Waals surface area contributed by atoms with Crippen molar-refractivity contribution in [3.8, 4) is 0 Å². The fourth-order valence-electron chi connectivity index (χ4n) is 5.43. The van der Waals surface area contributed by atoms with Crippen LogP contribution in [0.3, 0.4) is 0 Å². The van der Waals surface area contributed by atoms with E-state index in [1.165, 1.54) is 51.4 Å². The molecular formula is C22H37FO. The van der Waals surface area contributed by atoms with Gasteiger partial charge in [-0.2, -0.15) is 0 Å². The van der Waals surface area contributed by atoms with Crippen LogP contribution in [-0.2, 0) is 4.74 Å².